The van der Waals surface area contributed by atoms with E-state index in [0.29, 0.717) is 5.32 Å². The summed E-state index contributed by atoms with van der Waals surface area (Å²) in [4.78, 5) is 33.0. The molecule has 0 saturated heterocycles. The van der Waals surface area contributed by atoms with Gasteiger partial charge in [-0.15, -0.1) is 0 Å². The van der Waals surface area contributed by atoms with Crippen LogP contribution in [0.25, 0.3) is 0 Å². The zero-order chi connectivity index (χ0) is 27.6. The van der Waals surface area contributed by atoms with Crippen LogP contribution in [0.4, 0.5) is 61.5 Å². The normalized spacial score (nSPS) is 15.0. The lowest BCUT2D eigenvalue weighted by Crippen LogP contribution is -2.61. The molecule has 3 N–H and O–H groups in total. The second-order valence-electron chi connectivity index (χ2n) is 6.41. The van der Waals surface area contributed by atoms with E-state index in [-0.39, 0.29) is 0 Å². The molecule has 0 bridgehead atoms. The van der Waals surface area contributed by atoms with Gasteiger partial charge in [-0.25, -0.2) is 4.79 Å². The van der Waals surface area contributed by atoms with Gasteiger partial charge in [0, 0.05) is 6.54 Å². The van der Waals surface area contributed by atoms with Gasteiger partial charge in [-0.2, -0.15) is 61.5 Å². The van der Waals surface area contributed by atoms with Crippen molar-refractivity contribution < 1.29 is 81.0 Å². The first-order chi connectivity index (χ1) is 14.9. The predicted octanol–water partition coefficient (Wildman–Crippen LogP) is 3.51. The number of hydrogen-bond acceptors (Lipinski definition) is 3. The quantitative estimate of drug-likeness (QED) is 0.277. The molecule has 0 fully saturated rings. The lowest BCUT2D eigenvalue weighted by molar-refractivity contribution is -0.344. The van der Waals surface area contributed by atoms with Crippen molar-refractivity contribution in [2.45, 2.75) is 61.3 Å². The van der Waals surface area contributed by atoms with E-state index in [2.05, 4.69) is 0 Å². The molecule has 6 nitrogen and oxygen atoms in total. The molecule has 34 heavy (non-hydrogen) atoms. The largest absolute Gasteiger partial charge is 0.480 e. The van der Waals surface area contributed by atoms with Gasteiger partial charge in [0.1, 0.15) is 6.04 Å². The van der Waals surface area contributed by atoms with Crippen molar-refractivity contribution in [2.75, 3.05) is 6.54 Å². The molecule has 0 aromatic rings. The van der Waals surface area contributed by atoms with Gasteiger partial charge in [0.15, 0.2) is 0 Å². The second kappa shape index (κ2) is 9.96. The Labute approximate surface area is 178 Å². The van der Waals surface area contributed by atoms with E-state index in [0.717, 1.165) is 5.32 Å². The minimum absolute atomic E-state index is 0.695. The summed E-state index contributed by atoms with van der Waals surface area (Å²) in [6.45, 7) is -1.12. The average Bonchev–Trinajstić information content (AvgIpc) is 2.63. The maximum atomic E-state index is 13.2. The number of hydrogen-bond donors (Lipinski definition) is 3. The highest BCUT2D eigenvalue weighted by molar-refractivity contribution is 5.89. The lowest BCUT2D eigenvalue weighted by Gasteiger charge is -2.28. The monoisotopic (exact) mass is 538 g/mol. The Morgan fingerprint density at radius 2 is 1.03 bits per heavy atom. The molecule has 0 saturated carbocycles. The third-order valence-electron chi connectivity index (χ3n) is 3.88. The molecule has 1 atom stereocenters. The van der Waals surface area contributed by atoms with Crippen LogP contribution in [0.3, 0.4) is 0 Å². The summed E-state index contributed by atoms with van der Waals surface area (Å²) in [7, 11) is 0. The number of carbonyl (C=O) groups excluding carboxylic acids is 2. The molecular formula is C14H12F14N2O4. The van der Waals surface area contributed by atoms with Gasteiger partial charge in [-0.3, -0.25) is 9.59 Å². The molecule has 0 spiro atoms. The molecule has 1 unspecified atom stereocenters. The van der Waals surface area contributed by atoms with Gasteiger partial charge in [-0.05, 0) is 19.3 Å². The fourth-order valence-corrected chi connectivity index (χ4v) is 1.93. The maximum absolute atomic E-state index is 13.2. The Balaban J connectivity index is 4.99. The molecule has 2 amide bonds. The third-order valence-corrected chi connectivity index (χ3v) is 3.88. The molecule has 0 rings (SSSR count). The SMILES string of the molecule is O=C(O)C(CCCCNC(=O)C(F)(F)C(F)(F)C(F)(F)F)NC(=O)C(F)(F)C(F)(F)C(F)(F)F. The zero-order valence-corrected chi connectivity index (χ0v) is 15.9. The Morgan fingerprint density at radius 1 is 0.647 bits per heavy atom. The molecule has 0 aliphatic rings. The van der Waals surface area contributed by atoms with E-state index in [9.17, 15) is 75.8 Å². The number of nitrogens with one attached hydrogen (secondary N) is 2. The summed E-state index contributed by atoms with van der Waals surface area (Å²) in [6.07, 6.45) is -16.2. The Morgan fingerprint density at radius 3 is 1.38 bits per heavy atom. The number of carboxylic acid groups (broad SMARTS) is 1. The number of amides is 2. The van der Waals surface area contributed by atoms with Gasteiger partial charge in [0.2, 0.25) is 0 Å². The van der Waals surface area contributed by atoms with Crippen molar-refractivity contribution in [2.24, 2.45) is 0 Å². The first kappa shape index (κ1) is 31.4. The minimum Gasteiger partial charge on any atom is -0.480 e. The Kier molecular flexibility index (Phi) is 9.21. The number of unbranched alkanes of at least 4 members (excludes halogenated alkanes) is 1. The van der Waals surface area contributed by atoms with Crippen LogP contribution >= 0.6 is 0 Å². The molecule has 0 heterocycles. The van der Waals surface area contributed by atoms with Gasteiger partial charge < -0.3 is 15.7 Å². The highest BCUT2D eigenvalue weighted by Gasteiger charge is 2.77. The van der Waals surface area contributed by atoms with Crippen LogP contribution in [0.2, 0.25) is 0 Å². The average molecular weight is 538 g/mol. The summed E-state index contributed by atoms with van der Waals surface area (Å²) < 4.78 is 175. The number of carbonyl (C=O) groups is 3. The topological polar surface area (TPSA) is 95.5 Å². The molecular weight excluding hydrogens is 526 g/mol. The third kappa shape index (κ3) is 6.30. The highest BCUT2D eigenvalue weighted by atomic mass is 19.4. The van der Waals surface area contributed by atoms with Gasteiger partial charge >= 0.3 is 42.0 Å². The van der Waals surface area contributed by atoms with Crippen LogP contribution in [0.1, 0.15) is 19.3 Å². The van der Waals surface area contributed by atoms with E-state index in [4.69, 9.17) is 5.11 Å². The molecule has 0 aromatic heterocycles. The van der Waals surface area contributed by atoms with E-state index >= 15 is 0 Å². The van der Waals surface area contributed by atoms with Crippen LogP contribution in [0.15, 0.2) is 0 Å². The number of aliphatic carboxylic acids is 1. The molecule has 0 aliphatic heterocycles. The zero-order valence-electron chi connectivity index (χ0n) is 15.9. The van der Waals surface area contributed by atoms with E-state index < -0.39 is 85.7 Å². The van der Waals surface area contributed by atoms with Crippen LogP contribution in [0, 0.1) is 0 Å². The number of rotatable bonds is 11. The Bertz CT molecular complexity index is 762. The standard InChI is InChI=1S/C14H12F14N2O4/c15-9(16,11(19,20)13(23,24)25)7(33)29-4-2-1-3-5(6(31)32)30-8(34)10(17,18)12(21,22)14(26,27)28/h5H,1-4H2,(H,29,33)(H,30,34)(H,31,32). The minimum atomic E-state index is -6.91. The molecule has 0 aromatic carbocycles. The van der Waals surface area contributed by atoms with Crippen molar-refractivity contribution in [1.82, 2.24) is 10.6 Å². The maximum Gasteiger partial charge on any atom is 0.460 e. The molecule has 0 aliphatic carbocycles. The van der Waals surface area contributed by atoms with Crippen molar-refractivity contribution >= 4 is 17.8 Å². The summed E-state index contributed by atoms with van der Waals surface area (Å²) in [5.41, 5.74) is 0. The smallest absolute Gasteiger partial charge is 0.460 e. The van der Waals surface area contributed by atoms with E-state index in [1.54, 1.807) is 0 Å². The van der Waals surface area contributed by atoms with Crippen LogP contribution < -0.4 is 10.6 Å². The van der Waals surface area contributed by atoms with Crippen LogP contribution in [-0.4, -0.2) is 71.5 Å². The molecule has 200 valence electrons. The van der Waals surface area contributed by atoms with Gasteiger partial charge in [-0.1, -0.05) is 0 Å². The Hall–Kier alpha value is -2.57. The fourth-order valence-electron chi connectivity index (χ4n) is 1.93. The van der Waals surface area contributed by atoms with Gasteiger partial charge in [0.05, 0.1) is 0 Å². The summed E-state index contributed by atoms with van der Waals surface area (Å²) in [5.74, 6) is -35.1. The first-order valence-electron chi connectivity index (χ1n) is 8.32. The highest BCUT2D eigenvalue weighted by Crippen LogP contribution is 2.47. The first-order valence-corrected chi connectivity index (χ1v) is 8.32. The fraction of sp³-hybridized carbons (Fsp3) is 0.786. The predicted molar refractivity (Wildman–Crippen MR) is 78.3 cm³/mol. The number of carboxylic acids is 1. The summed E-state index contributed by atoms with van der Waals surface area (Å²) >= 11 is 0. The van der Waals surface area contributed by atoms with Gasteiger partial charge in [0.25, 0.3) is 11.8 Å². The van der Waals surface area contributed by atoms with Crippen LogP contribution in [-0.2, 0) is 14.4 Å². The van der Waals surface area contributed by atoms with Crippen molar-refractivity contribution in [3.05, 3.63) is 0 Å². The summed E-state index contributed by atoms with van der Waals surface area (Å²) in [5, 5.41) is 10.4. The van der Waals surface area contributed by atoms with E-state index in [1.807, 2.05) is 0 Å². The number of alkyl halides is 14. The molecule has 0 radical (unpaired) electrons. The van der Waals surface area contributed by atoms with Crippen molar-refractivity contribution in [1.29, 1.82) is 0 Å². The van der Waals surface area contributed by atoms with Crippen molar-refractivity contribution in [3.63, 3.8) is 0 Å². The van der Waals surface area contributed by atoms with Crippen LogP contribution in [0.5, 0.6) is 0 Å². The number of halogens is 14. The van der Waals surface area contributed by atoms with Crippen molar-refractivity contribution in [3.8, 4) is 0 Å². The summed E-state index contributed by atoms with van der Waals surface area (Å²) in [6, 6.07) is -2.55. The van der Waals surface area contributed by atoms with E-state index in [1.165, 1.54) is 0 Å². The lowest BCUT2D eigenvalue weighted by atomic mass is 10.1. The second-order valence-corrected chi connectivity index (χ2v) is 6.41. The molecule has 20 heteroatoms.